The van der Waals surface area contributed by atoms with Crippen molar-refractivity contribution < 1.29 is 43.5 Å². The van der Waals surface area contributed by atoms with E-state index >= 15 is 0 Å². The lowest BCUT2D eigenvalue weighted by molar-refractivity contribution is -0.160. The molecule has 0 saturated carbocycles. The molecule has 3 aromatic carbocycles. The van der Waals surface area contributed by atoms with Gasteiger partial charge in [-0.3, -0.25) is 4.79 Å². The first-order valence-corrected chi connectivity index (χ1v) is 18.4. The molecule has 9 heteroatoms. The van der Waals surface area contributed by atoms with E-state index in [9.17, 15) is 24.6 Å². The van der Waals surface area contributed by atoms with Gasteiger partial charge in [-0.05, 0) is 85.3 Å². The van der Waals surface area contributed by atoms with Crippen molar-refractivity contribution >= 4 is 17.9 Å². The average molecular weight is 705 g/mol. The van der Waals surface area contributed by atoms with Gasteiger partial charge < -0.3 is 29.2 Å². The van der Waals surface area contributed by atoms with Gasteiger partial charge in [0.25, 0.3) is 0 Å². The molecule has 0 aliphatic carbocycles. The highest BCUT2D eigenvalue weighted by atomic mass is 16.5. The SMILES string of the molecule is CCC(C)COC(=O)c1ccc(-c2ccc(OC(=O)c3ccc(OCCCCCCCCCCCCOC(=O)C(C)(CO)CO)cc3)cc2)cc1. The minimum absolute atomic E-state index is 0.322. The second-order valence-corrected chi connectivity index (χ2v) is 13.5. The van der Waals surface area contributed by atoms with Crippen LogP contribution in [0.25, 0.3) is 11.1 Å². The van der Waals surface area contributed by atoms with Crippen LogP contribution in [0.1, 0.15) is 112 Å². The van der Waals surface area contributed by atoms with Crippen LogP contribution < -0.4 is 9.47 Å². The van der Waals surface area contributed by atoms with Crippen LogP contribution in [0.15, 0.2) is 72.8 Å². The molecule has 0 aliphatic heterocycles. The quantitative estimate of drug-likeness (QED) is 0.0535. The van der Waals surface area contributed by atoms with E-state index in [1.165, 1.54) is 32.6 Å². The lowest BCUT2D eigenvalue weighted by atomic mass is 9.93. The molecule has 3 aromatic rings. The number of aliphatic hydroxyl groups is 2. The second kappa shape index (κ2) is 22.6. The number of benzene rings is 3. The van der Waals surface area contributed by atoms with Gasteiger partial charge in [-0.1, -0.05) is 95.9 Å². The lowest BCUT2D eigenvalue weighted by Gasteiger charge is -2.22. The predicted octanol–water partition coefficient (Wildman–Crippen LogP) is 8.59. The van der Waals surface area contributed by atoms with Gasteiger partial charge in [0.05, 0.1) is 44.2 Å². The van der Waals surface area contributed by atoms with Gasteiger partial charge in [-0.25, -0.2) is 9.59 Å². The first-order valence-electron chi connectivity index (χ1n) is 18.4. The molecule has 278 valence electrons. The molecular weight excluding hydrogens is 648 g/mol. The summed E-state index contributed by atoms with van der Waals surface area (Å²) in [5.74, 6) is 0.177. The van der Waals surface area contributed by atoms with Gasteiger partial charge in [-0.2, -0.15) is 0 Å². The molecule has 0 aromatic heterocycles. The molecule has 51 heavy (non-hydrogen) atoms. The summed E-state index contributed by atoms with van der Waals surface area (Å²) in [6.07, 6.45) is 11.8. The fraction of sp³-hybridized carbons (Fsp3) is 0.500. The standard InChI is InChI=1S/C42H56O9/c1-4-32(2)29-50-39(45)35-17-15-33(16-18-35)34-19-25-38(26-20-34)51-40(46)36-21-23-37(24-22-36)48-27-13-11-9-7-5-6-8-10-12-14-28-49-41(47)42(3,30-43)31-44/h15-26,32,43-44H,4-14,27-31H2,1-3H3. The number of rotatable bonds is 24. The topological polar surface area (TPSA) is 129 Å². The van der Waals surface area contributed by atoms with E-state index in [2.05, 4.69) is 6.92 Å². The number of carbonyl (C=O) groups is 3. The Morgan fingerprint density at radius 3 is 1.59 bits per heavy atom. The normalized spacial score (nSPS) is 11.9. The number of esters is 3. The maximum Gasteiger partial charge on any atom is 0.343 e. The zero-order chi connectivity index (χ0) is 36.9. The van der Waals surface area contributed by atoms with Gasteiger partial charge in [0.2, 0.25) is 0 Å². The maximum absolute atomic E-state index is 12.7. The van der Waals surface area contributed by atoms with Gasteiger partial charge in [0.15, 0.2) is 0 Å². The van der Waals surface area contributed by atoms with Gasteiger partial charge in [-0.15, -0.1) is 0 Å². The molecule has 1 unspecified atom stereocenters. The molecule has 9 nitrogen and oxygen atoms in total. The average Bonchev–Trinajstić information content (AvgIpc) is 3.17. The van der Waals surface area contributed by atoms with E-state index in [0.717, 1.165) is 61.8 Å². The van der Waals surface area contributed by atoms with Crippen LogP contribution in [-0.4, -0.2) is 61.2 Å². The largest absolute Gasteiger partial charge is 0.494 e. The molecule has 2 N–H and O–H groups in total. The molecule has 0 aliphatic rings. The van der Waals surface area contributed by atoms with E-state index < -0.39 is 30.6 Å². The molecule has 0 bridgehead atoms. The Hall–Kier alpha value is -4.21. The predicted molar refractivity (Wildman–Crippen MR) is 198 cm³/mol. The summed E-state index contributed by atoms with van der Waals surface area (Å²) in [5.41, 5.74) is 1.60. The summed E-state index contributed by atoms with van der Waals surface area (Å²) >= 11 is 0. The van der Waals surface area contributed by atoms with Crippen molar-refractivity contribution in [3.8, 4) is 22.6 Å². The summed E-state index contributed by atoms with van der Waals surface area (Å²) in [6, 6.07) is 21.5. The first kappa shape index (κ1) is 41.2. The van der Waals surface area contributed by atoms with Crippen molar-refractivity contribution in [2.45, 2.75) is 91.4 Å². The molecule has 0 heterocycles. The van der Waals surface area contributed by atoms with Crippen LogP contribution in [0.3, 0.4) is 0 Å². The smallest absolute Gasteiger partial charge is 0.343 e. The Balaban J connectivity index is 1.24. The first-order chi connectivity index (χ1) is 24.7. The summed E-state index contributed by atoms with van der Waals surface area (Å²) in [5, 5.41) is 18.5. The highest BCUT2D eigenvalue weighted by molar-refractivity contribution is 5.91. The van der Waals surface area contributed by atoms with Crippen LogP contribution >= 0.6 is 0 Å². The zero-order valence-electron chi connectivity index (χ0n) is 30.6. The zero-order valence-corrected chi connectivity index (χ0v) is 30.6. The molecular formula is C42H56O9. The van der Waals surface area contributed by atoms with E-state index in [-0.39, 0.29) is 5.97 Å². The third-order valence-corrected chi connectivity index (χ3v) is 9.04. The van der Waals surface area contributed by atoms with Gasteiger partial charge in [0.1, 0.15) is 16.9 Å². The number of ether oxygens (including phenoxy) is 4. The van der Waals surface area contributed by atoms with Crippen molar-refractivity contribution in [3.05, 3.63) is 83.9 Å². The Morgan fingerprint density at radius 1 is 0.608 bits per heavy atom. The molecule has 0 amide bonds. The lowest BCUT2D eigenvalue weighted by Crippen LogP contribution is -2.37. The fourth-order valence-corrected chi connectivity index (χ4v) is 5.11. The fourth-order valence-electron chi connectivity index (χ4n) is 5.11. The Bertz CT molecular complexity index is 1450. The van der Waals surface area contributed by atoms with Crippen LogP contribution in [0.4, 0.5) is 0 Å². The number of aliphatic hydroxyl groups excluding tert-OH is 2. The Labute approximate surface area is 303 Å². The van der Waals surface area contributed by atoms with E-state index in [1.807, 2.05) is 31.2 Å². The summed E-state index contributed by atoms with van der Waals surface area (Å²) in [6.45, 7) is 6.11. The van der Waals surface area contributed by atoms with Crippen molar-refractivity contribution in [3.63, 3.8) is 0 Å². The van der Waals surface area contributed by atoms with Crippen molar-refractivity contribution in [1.82, 2.24) is 0 Å². The molecule has 1 atom stereocenters. The van der Waals surface area contributed by atoms with Crippen molar-refractivity contribution in [1.29, 1.82) is 0 Å². The van der Waals surface area contributed by atoms with Gasteiger partial charge >= 0.3 is 17.9 Å². The van der Waals surface area contributed by atoms with E-state index in [1.54, 1.807) is 48.5 Å². The molecule has 0 spiro atoms. The van der Waals surface area contributed by atoms with Crippen molar-refractivity contribution in [2.24, 2.45) is 11.3 Å². The highest BCUT2D eigenvalue weighted by Gasteiger charge is 2.33. The third-order valence-electron chi connectivity index (χ3n) is 9.04. The van der Waals surface area contributed by atoms with Crippen LogP contribution in [-0.2, 0) is 14.3 Å². The molecule has 0 saturated heterocycles. The second-order valence-electron chi connectivity index (χ2n) is 13.5. The minimum Gasteiger partial charge on any atom is -0.494 e. The highest BCUT2D eigenvalue weighted by Crippen LogP contribution is 2.24. The van der Waals surface area contributed by atoms with Crippen LogP contribution in [0, 0.1) is 11.3 Å². The minimum atomic E-state index is -1.22. The Kier molecular flexibility index (Phi) is 18.2. The molecule has 3 rings (SSSR count). The maximum atomic E-state index is 12.7. The number of hydrogen-bond acceptors (Lipinski definition) is 9. The van der Waals surface area contributed by atoms with E-state index in [0.29, 0.717) is 42.6 Å². The summed E-state index contributed by atoms with van der Waals surface area (Å²) in [7, 11) is 0. The van der Waals surface area contributed by atoms with Crippen LogP contribution in [0.2, 0.25) is 0 Å². The number of hydrogen-bond donors (Lipinski definition) is 2. The Morgan fingerprint density at radius 2 is 1.06 bits per heavy atom. The van der Waals surface area contributed by atoms with Crippen LogP contribution in [0.5, 0.6) is 11.5 Å². The number of carbonyl (C=O) groups excluding carboxylic acids is 3. The third kappa shape index (κ3) is 14.5. The van der Waals surface area contributed by atoms with E-state index in [4.69, 9.17) is 18.9 Å². The van der Waals surface area contributed by atoms with Gasteiger partial charge in [0, 0.05) is 0 Å². The van der Waals surface area contributed by atoms with Crippen molar-refractivity contribution in [2.75, 3.05) is 33.0 Å². The monoisotopic (exact) mass is 704 g/mol. The molecule has 0 fully saturated rings. The number of unbranched alkanes of at least 4 members (excludes halogenated alkanes) is 9. The molecule has 0 radical (unpaired) electrons. The summed E-state index contributed by atoms with van der Waals surface area (Å²) in [4.78, 5) is 36.9. The summed E-state index contributed by atoms with van der Waals surface area (Å²) < 4.78 is 22.0.